The Morgan fingerprint density at radius 3 is 2.79 bits per heavy atom. The van der Waals surface area contributed by atoms with E-state index in [-0.39, 0.29) is 0 Å². The van der Waals surface area contributed by atoms with Crippen LogP contribution in [0.1, 0.15) is 12.0 Å². The van der Waals surface area contributed by atoms with Crippen molar-refractivity contribution in [3.05, 3.63) is 29.8 Å². The van der Waals surface area contributed by atoms with Crippen molar-refractivity contribution in [2.24, 2.45) is 0 Å². The summed E-state index contributed by atoms with van der Waals surface area (Å²) in [6.45, 7) is 0. The molecule has 0 aliphatic carbocycles. The van der Waals surface area contributed by atoms with Gasteiger partial charge in [0, 0.05) is 5.69 Å². The van der Waals surface area contributed by atoms with Gasteiger partial charge >= 0.3 is 8.46 Å². The van der Waals surface area contributed by atoms with Crippen LogP contribution in [-0.2, 0) is 11.0 Å². The maximum atomic E-state index is 10.3. The molecule has 76 valence electrons. The average molecular weight is 212 g/mol. The van der Waals surface area contributed by atoms with Crippen LogP contribution in [0.3, 0.4) is 0 Å². The predicted molar refractivity (Wildman–Crippen MR) is 59.1 cm³/mol. The summed E-state index contributed by atoms with van der Waals surface area (Å²) in [4.78, 5) is 0. The summed E-state index contributed by atoms with van der Waals surface area (Å²) in [5.74, 6) is 0. The molecule has 0 radical (unpaired) electrons. The van der Waals surface area contributed by atoms with Gasteiger partial charge in [-0.25, -0.2) is 0 Å². The zero-order valence-electron chi connectivity index (χ0n) is 7.94. The zero-order valence-corrected chi connectivity index (χ0v) is 8.94. The zero-order chi connectivity index (χ0) is 10.4. The molecule has 0 amide bonds. The number of para-hydroxylation sites is 1. The van der Waals surface area contributed by atoms with E-state index in [1.807, 2.05) is 24.3 Å². The number of benzene rings is 1. The lowest BCUT2D eigenvalue weighted by Gasteiger charge is -2.06. The first-order chi connectivity index (χ1) is 6.74. The largest absolute Gasteiger partial charge is 0.399 e. The van der Waals surface area contributed by atoms with Gasteiger partial charge in [0.25, 0.3) is 0 Å². The van der Waals surface area contributed by atoms with E-state index in [9.17, 15) is 9.67 Å². The van der Waals surface area contributed by atoms with Crippen LogP contribution in [0.15, 0.2) is 24.3 Å². The molecule has 2 unspecified atom stereocenters. The standard InChI is InChI=1S/C10H14NO2P/c11-10-4-2-1-3-8(10)5-6-9(12)7-14-13/h1-4,9,12H,5-7,11H2/p+1. The highest BCUT2D eigenvalue weighted by atomic mass is 31.1. The van der Waals surface area contributed by atoms with Crippen LogP contribution in [0.2, 0.25) is 0 Å². The van der Waals surface area contributed by atoms with E-state index >= 15 is 0 Å². The van der Waals surface area contributed by atoms with Crippen molar-refractivity contribution in [2.75, 3.05) is 11.9 Å². The Labute approximate surface area is 85.1 Å². The second-order valence-corrected chi connectivity index (χ2v) is 3.94. The van der Waals surface area contributed by atoms with Crippen molar-refractivity contribution in [1.82, 2.24) is 0 Å². The molecule has 0 saturated heterocycles. The summed E-state index contributed by atoms with van der Waals surface area (Å²) in [5, 5.41) is 9.37. The van der Waals surface area contributed by atoms with Crippen molar-refractivity contribution in [3.63, 3.8) is 0 Å². The SMILES string of the molecule is Nc1ccccc1CCC(O)C[PH+]=O. The van der Waals surface area contributed by atoms with Gasteiger partial charge in [-0.15, -0.1) is 0 Å². The Morgan fingerprint density at radius 1 is 1.43 bits per heavy atom. The minimum Gasteiger partial charge on any atom is -0.399 e. The number of nitrogens with two attached hydrogens (primary N) is 1. The van der Waals surface area contributed by atoms with Crippen molar-refractivity contribution in [1.29, 1.82) is 0 Å². The molecule has 0 spiro atoms. The number of hydrogen-bond acceptors (Lipinski definition) is 3. The molecule has 0 aromatic heterocycles. The quantitative estimate of drug-likeness (QED) is 0.575. The van der Waals surface area contributed by atoms with Crippen LogP contribution in [0.5, 0.6) is 0 Å². The molecule has 0 saturated carbocycles. The first-order valence-electron chi connectivity index (χ1n) is 4.60. The van der Waals surface area contributed by atoms with Crippen LogP contribution in [0, 0.1) is 0 Å². The van der Waals surface area contributed by atoms with Gasteiger partial charge in [-0.3, -0.25) is 0 Å². The van der Waals surface area contributed by atoms with Gasteiger partial charge in [0.05, 0.1) is 6.10 Å². The fraction of sp³-hybridized carbons (Fsp3) is 0.400. The highest BCUT2D eigenvalue weighted by molar-refractivity contribution is 7.23. The van der Waals surface area contributed by atoms with Gasteiger partial charge in [0.2, 0.25) is 0 Å². The van der Waals surface area contributed by atoms with E-state index in [2.05, 4.69) is 0 Å². The number of aliphatic hydroxyl groups excluding tert-OH is 1. The molecule has 3 N–H and O–H groups in total. The minimum atomic E-state index is -0.481. The second-order valence-electron chi connectivity index (χ2n) is 3.24. The molecule has 1 rings (SSSR count). The number of nitrogen functional groups attached to an aromatic ring is 1. The Balaban J connectivity index is 2.45. The number of aliphatic hydroxyl groups is 1. The Kier molecular flexibility index (Phi) is 4.57. The van der Waals surface area contributed by atoms with Gasteiger partial charge in [-0.1, -0.05) is 22.8 Å². The molecule has 0 aliphatic heterocycles. The van der Waals surface area contributed by atoms with Gasteiger partial charge in [-0.05, 0) is 24.5 Å². The molecule has 14 heavy (non-hydrogen) atoms. The minimum absolute atomic E-state index is 0.354. The van der Waals surface area contributed by atoms with E-state index in [4.69, 9.17) is 5.73 Å². The molecule has 0 fully saturated rings. The first-order valence-corrected chi connectivity index (χ1v) is 5.72. The molecular weight excluding hydrogens is 197 g/mol. The third-order valence-electron chi connectivity index (χ3n) is 2.12. The van der Waals surface area contributed by atoms with Crippen molar-refractivity contribution < 1.29 is 9.67 Å². The lowest BCUT2D eigenvalue weighted by molar-refractivity contribution is 0.188. The number of anilines is 1. The summed E-state index contributed by atoms with van der Waals surface area (Å²) >= 11 is 0. The smallest absolute Gasteiger partial charge is 0.327 e. The lowest BCUT2D eigenvalue weighted by atomic mass is 10.1. The van der Waals surface area contributed by atoms with Crippen LogP contribution in [-0.4, -0.2) is 17.4 Å². The number of rotatable bonds is 5. The molecule has 0 aliphatic rings. The highest BCUT2D eigenvalue weighted by Crippen LogP contribution is 2.14. The predicted octanol–water partition coefficient (Wildman–Crippen LogP) is 1.59. The van der Waals surface area contributed by atoms with E-state index in [0.717, 1.165) is 17.7 Å². The first kappa shape index (κ1) is 11.2. The summed E-state index contributed by atoms with van der Waals surface area (Å²) < 4.78 is 10.3. The molecule has 1 aromatic rings. The summed E-state index contributed by atoms with van der Waals surface area (Å²) in [6.07, 6.45) is 1.22. The fourth-order valence-electron chi connectivity index (χ4n) is 1.28. The maximum absolute atomic E-state index is 10.3. The Morgan fingerprint density at radius 2 is 2.14 bits per heavy atom. The van der Waals surface area contributed by atoms with Crippen molar-refractivity contribution in [3.8, 4) is 0 Å². The third-order valence-corrected chi connectivity index (χ3v) is 2.76. The normalized spacial score (nSPS) is 12.9. The summed E-state index contributed by atoms with van der Waals surface area (Å²) in [5.41, 5.74) is 7.54. The molecule has 0 bridgehead atoms. The summed E-state index contributed by atoms with van der Waals surface area (Å²) in [6, 6.07) is 7.60. The molecule has 2 atom stereocenters. The van der Waals surface area contributed by atoms with E-state index in [1.54, 1.807) is 0 Å². The topological polar surface area (TPSA) is 63.3 Å². The van der Waals surface area contributed by atoms with Crippen molar-refractivity contribution >= 4 is 14.1 Å². The maximum Gasteiger partial charge on any atom is 0.327 e. The Hall–Kier alpha value is -0.920. The summed E-state index contributed by atoms with van der Waals surface area (Å²) in [7, 11) is -0.428. The second kappa shape index (κ2) is 5.74. The average Bonchev–Trinajstić information content (AvgIpc) is 2.17. The van der Waals surface area contributed by atoms with Gasteiger partial charge in [0.1, 0.15) is 0 Å². The Bertz CT molecular complexity index is 304. The van der Waals surface area contributed by atoms with Crippen LogP contribution >= 0.6 is 8.46 Å². The number of hydrogen-bond donors (Lipinski definition) is 2. The third kappa shape index (κ3) is 3.44. The monoisotopic (exact) mass is 212 g/mol. The lowest BCUT2D eigenvalue weighted by Crippen LogP contribution is -2.10. The molecular formula is C10H15NO2P+. The highest BCUT2D eigenvalue weighted by Gasteiger charge is 2.09. The van der Waals surface area contributed by atoms with Gasteiger partial charge in [-0.2, -0.15) is 0 Å². The van der Waals surface area contributed by atoms with E-state index in [1.165, 1.54) is 0 Å². The molecule has 4 heteroatoms. The van der Waals surface area contributed by atoms with Crippen LogP contribution in [0.25, 0.3) is 0 Å². The van der Waals surface area contributed by atoms with Gasteiger partial charge in [0.15, 0.2) is 6.16 Å². The van der Waals surface area contributed by atoms with Gasteiger partial charge < -0.3 is 10.8 Å². The van der Waals surface area contributed by atoms with E-state index in [0.29, 0.717) is 12.6 Å². The van der Waals surface area contributed by atoms with E-state index < -0.39 is 14.6 Å². The fourth-order valence-corrected chi connectivity index (χ4v) is 1.68. The molecule has 3 nitrogen and oxygen atoms in total. The number of aryl methyl sites for hydroxylation is 1. The molecule has 1 aromatic carbocycles. The van der Waals surface area contributed by atoms with Crippen molar-refractivity contribution in [2.45, 2.75) is 18.9 Å². The van der Waals surface area contributed by atoms with Crippen LogP contribution < -0.4 is 5.73 Å². The van der Waals surface area contributed by atoms with Crippen LogP contribution in [0.4, 0.5) is 5.69 Å². The molecule has 0 heterocycles.